The van der Waals surface area contributed by atoms with Gasteiger partial charge in [0.05, 0.1) is 16.6 Å². The Bertz CT molecular complexity index is 1000. The van der Waals surface area contributed by atoms with E-state index < -0.39 is 0 Å². The maximum atomic E-state index is 13.4. The zero-order chi connectivity index (χ0) is 20.8. The molecule has 0 spiro atoms. The van der Waals surface area contributed by atoms with Crippen molar-refractivity contribution in [3.8, 4) is 0 Å². The summed E-state index contributed by atoms with van der Waals surface area (Å²) in [5.41, 5.74) is 3.12. The number of rotatable bonds is 6. The largest absolute Gasteiger partial charge is 0.328 e. The van der Waals surface area contributed by atoms with Crippen LogP contribution in [-0.4, -0.2) is 16.7 Å². The number of hydrogen-bond acceptors (Lipinski definition) is 2. The van der Waals surface area contributed by atoms with Crippen LogP contribution in [0.4, 0.5) is 5.69 Å². The fraction of sp³-hybridized carbons (Fsp3) is 0.167. The number of halogens is 1. The van der Waals surface area contributed by atoms with Gasteiger partial charge in [0.1, 0.15) is 0 Å². The van der Waals surface area contributed by atoms with E-state index in [-0.39, 0.29) is 17.9 Å². The standard InChI is InChI=1S/C24H23ClN2O2/c1-17(20-11-8-12-21(15-20)26-18(2)28)27(16-19-9-4-3-5-10-19)24(29)22-13-6-7-14-23(22)25/h3-15,17H,16H2,1-2H3,(H,26,28)/t17-/m1/s1. The Morgan fingerprint density at radius 2 is 1.66 bits per heavy atom. The van der Waals surface area contributed by atoms with Crippen LogP contribution in [0.1, 0.15) is 41.4 Å². The number of anilines is 1. The van der Waals surface area contributed by atoms with Gasteiger partial charge in [-0.3, -0.25) is 9.59 Å². The van der Waals surface area contributed by atoms with E-state index >= 15 is 0 Å². The van der Waals surface area contributed by atoms with Crippen LogP contribution in [0.3, 0.4) is 0 Å². The fourth-order valence-corrected chi connectivity index (χ4v) is 3.43. The van der Waals surface area contributed by atoms with E-state index in [1.807, 2.05) is 67.6 Å². The second-order valence-electron chi connectivity index (χ2n) is 6.88. The minimum atomic E-state index is -0.229. The van der Waals surface area contributed by atoms with Gasteiger partial charge >= 0.3 is 0 Å². The molecule has 0 aliphatic rings. The van der Waals surface area contributed by atoms with Crippen LogP contribution in [0.25, 0.3) is 0 Å². The highest BCUT2D eigenvalue weighted by molar-refractivity contribution is 6.33. The number of carbonyl (C=O) groups excluding carboxylic acids is 2. The van der Waals surface area contributed by atoms with Gasteiger partial charge < -0.3 is 10.2 Å². The molecule has 1 atom stereocenters. The third kappa shape index (κ3) is 5.24. The summed E-state index contributed by atoms with van der Waals surface area (Å²) >= 11 is 6.30. The molecule has 0 aliphatic heterocycles. The third-order valence-electron chi connectivity index (χ3n) is 4.72. The van der Waals surface area contributed by atoms with Crippen molar-refractivity contribution >= 4 is 29.1 Å². The van der Waals surface area contributed by atoms with Gasteiger partial charge in [-0.25, -0.2) is 0 Å². The first kappa shape index (κ1) is 20.6. The smallest absolute Gasteiger partial charge is 0.256 e. The lowest BCUT2D eigenvalue weighted by atomic mass is 10.0. The zero-order valence-corrected chi connectivity index (χ0v) is 17.2. The number of nitrogens with one attached hydrogen (secondary N) is 1. The summed E-state index contributed by atoms with van der Waals surface area (Å²) in [5.74, 6) is -0.278. The lowest BCUT2D eigenvalue weighted by Crippen LogP contribution is -2.33. The average molecular weight is 407 g/mol. The Morgan fingerprint density at radius 3 is 2.34 bits per heavy atom. The quantitative estimate of drug-likeness (QED) is 0.570. The van der Waals surface area contributed by atoms with Gasteiger partial charge in [0.2, 0.25) is 5.91 Å². The fourth-order valence-electron chi connectivity index (χ4n) is 3.21. The van der Waals surface area contributed by atoms with Crippen molar-refractivity contribution in [1.82, 2.24) is 4.90 Å². The van der Waals surface area contributed by atoms with Crippen molar-refractivity contribution < 1.29 is 9.59 Å². The molecule has 0 bridgehead atoms. The van der Waals surface area contributed by atoms with Crippen molar-refractivity contribution in [2.45, 2.75) is 26.4 Å². The Morgan fingerprint density at radius 1 is 0.966 bits per heavy atom. The first-order valence-electron chi connectivity index (χ1n) is 9.42. The van der Waals surface area contributed by atoms with Crippen LogP contribution in [0.5, 0.6) is 0 Å². The van der Waals surface area contributed by atoms with Crippen LogP contribution < -0.4 is 5.32 Å². The molecule has 3 aromatic carbocycles. The summed E-state index contributed by atoms with van der Waals surface area (Å²) in [6.45, 7) is 3.89. The molecule has 2 amide bonds. The lowest BCUT2D eigenvalue weighted by molar-refractivity contribution is -0.114. The highest BCUT2D eigenvalue weighted by Gasteiger charge is 2.24. The van der Waals surface area contributed by atoms with Crippen molar-refractivity contribution in [1.29, 1.82) is 0 Å². The first-order valence-corrected chi connectivity index (χ1v) is 9.80. The molecule has 0 fully saturated rings. The minimum Gasteiger partial charge on any atom is -0.328 e. The zero-order valence-electron chi connectivity index (χ0n) is 16.4. The third-order valence-corrected chi connectivity index (χ3v) is 5.05. The molecule has 29 heavy (non-hydrogen) atoms. The van der Waals surface area contributed by atoms with E-state index in [1.54, 1.807) is 23.1 Å². The Labute approximate surface area is 176 Å². The van der Waals surface area contributed by atoms with E-state index in [1.165, 1.54) is 6.92 Å². The van der Waals surface area contributed by atoms with Gasteiger partial charge in [-0.15, -0.1) is 0 Å². The van der Waals surface area contributed by atoms with E-state index in [0.29, 0.717) is 22.8 Å². The molecule has 4 nitrogen and oxygen atoms in total. The predicted octanol–water partition coefficient (Wildman–Crippen LogP) is 5.70. The normalized spacial score (nSPS) is 11.6. The lowest BCUT2D eigenvalue weighted by Gasteiger charge is -2.30. The molecule has 3 aromatic rings. The van der Waals surface area contributed by atoms with Crippen LogP contribution >= 0.6 is 11.6 Å². The molecule has 0 saturated carbocycles. The Hall–Kier alpha value is -3.11. The summed E-state index contributed by atoms with van der Waals surface area (Å²) in [4.78, 5) is 26.6. The van der Waals surface area contributed by atoms with Gasteiger partial charge in [0, 0.05) is 19.2 Å². The van der Waals surface area contributed by atoms with Gasteiger partial charge in [-0.1, -0.05) is 66.2 Å². The topological polar surface area (TPSA) is 49.4 Å². The maximum Gasteiger partial charge on any atom is 0.256 e. The van der Waals surface area contributed by atoms with E-state index in [9.17, 15) is 9.59 Å². The second-order valence-corrected chi connectivity index (χ2v) is 7.29. The summed E-state index contributed by atoms with van der Waals surface area (Å²) < 4.78 is 0. The molecular weight excluding hydrogens is 384 g/mol. The molecule has 3 rings (SSSR count). The van der Waals surface area contributed by atoms with Crippen molar-refractivity contribution in [2.75, 3.05) is 5.32 Å². The van der Waals surface area contributed by atoms with Crippen molar-refractivity contribution in [3.63, 3.8) is 0 Å². The number of hydrogen-bond donors (Lipinski definition) is 1. The van der Waals surface area contributed by atoms with E-state index in [4.69, 9.17) is 11.6 Å². The van der Waals surface area contributed by atoms with Crippen LogP contribution in [0.2, 0.25) is 5.02 Å². The molecule has 148 valence electrons. The minimum absolute atomic E-state index is 0.136. The van der Waals surface area contributed by atoms with Crippen LogP contribution in [0, 0.1) is 0 Å². The van der Waals surface area contributed by atoms with Gasteiger partial charge in [0.15, 0.2) is 0 Å². The van der Waals surface area contributed by atoms with Crippen LogP contribution in [0.15, 0.2) is 78.9 Å². The molecule has 0 unspecified atom stereocenters. The summed E-state index contributed by atoms with van der Waals surface area (Å²) in [7, 11) is 0. The maximum absolute atomic E-state index is 13.4. The highest BCUT2D eigenvalue weighted by atomic mass is 35.5. The molecule has 0 saturated heterocycles. The predicted molar refractivity (Wildman–Crippen MR) is 117 cm³/mol. The number of carbonyl (C=O) groups is 2. The number of nitrogens with zero attached hydrogens (tertiary/aromatic N) is 1. The van der Waals surface area contributed by atoms with Crippen LogP contribution in [-0.2, 0) is 11.3 Å². The molecule has 5 heteroatoms. The van der Waals surface area contributed by atoms with Gasteiger partial charge in [-0.05, 0) is 42.3 Å². The van der Waals surface area contributed by atoms with E-state index in [0.717, 1.165) is 11.1 Å². The summed E-state index contributed by atoms with van der Waals surface area (Å²) in [6, 6.07) is 24.2. The monoisotopic (exact) mass is 406 g/mol. The first-order chi connectivity index (χ1) is 14.0. The molecular formula is C24H23ClN2O2. The Balaban J connectivity index is 1.97. The Kier molecular flexibility index (Phi) is 6.68. The van der Waals surface area contributed by atoms with Gasteiger partial charge in [-0.2, -0.15) is 0 Å². The van der Waals surface area contributed by atoms with E-state index in [2.05, 4.69) is 5.32 Å². The second kappa shape index (κ2) is 9.39. The number of amides is 2. The average Bonchev–Trinajstić information content (AvgIpc) is 2.72. The highest BCUT2D eigenvalue weighted by Crippen LogP contribution is 2.28. The molecule has 0 radical (unpaired) electrons. The van der Waals surface area contributed by atoms with Crippen molar-refractivity contribution in [2.24, 2.45) is 0 Å². The SMILES string of the molecule is CC(=O)Nc1cccc([C@@H](C)N(Cc2ccccc2)C(=O)c2ccccc2Cl)c1. The molecule has 0 heterocycles. The van der Waals surface area contributed by atoms with Gasteiger partial charge in [0.25, 0.3) is 5.91 Å². The summed E-state index contributed by atoms with van der Waals surface area (Å²) in [5, 5.41) is 3.22. The summed E-state index contributed by atoms with van der Waals surface area (Å²) in [6.07, 6.45) is 0. The molecule has 1 N–H and O–H groups in total. The molecule has 0 aromatic heterocycles. The van der Waals surface area contributed by atoms with Crippen molar-refractivity contribution in [3.05, 3.63) is 101 Å². The molecule has 0 aliphatic carbocycles. The number of benzene rings is 3.